The topological polar surface area (TPSA) is 50.2 Å². The summed E-state index contributed by atoms with van der Waals surface area (Å²) in [6.45, 7) is 0. The van der Waals surface area contributed by atoms with Gasteiger partial charge in [0.05, 0.1) is 5.41 Å². The lowest BCUT2D eigenvalue weighted by Gasteiger charge is -2.38. The minimum Gasteiger partial charge on any atom is -0.481 e. The van der Waals surface area contributed by atoms with Crippen molar-refractivity contribution in [1.82, 2.24) is 4.98 Å². The molecule has 0 saturated heterocycles. The van der Waals surface area contributed by atoms with Crippen LogP contribution in [0.3, 0.4) is 0 Å². The van der Waals surface area contributed by atoms with E-state index < -0.39 is 11.4 Å². The molecule has 1 aliphatic carbocycles. The van der Waals surface area contributed by atoms with Crippen molar-refractivity contribution in [2.45, 2.75) is 24.7 Å². The SMILES string of the molecule is O=C(O)C1(c2ccnc(Br)c2)CCC1. The molecule has 0 amide bonds. The highest BCUT2D eigenvalue weighted by Gasteiger charge is 2.45. The van der Waals surface area contributed by atoms with Crippen LogP contribution in [0.1, 0.15) is 24.8 Å². The van der Waals surface area contributed by atoms with Gasteiger partial charge in [-0.2, -0.15) is 0 Å². The van der Waals surface area contributed by atoms with Crippen molar-refractivity contribution >= 4 is 21.9 Å². The van der Waals surface area contributed by atoms with Gasteiger partial charge in [-0.1, -0.05) is 6.42 Å². The molecule has 74 valence electrons. The van der Waals surface area contributed by atoms with Gasteiger partial charge in [0.25, 0.3) is 0 Å². The summed E-state index contributed by atoms with van der Waals surface area (Å²) in [6.07, 6.45) is 4.10. The zero-order valence-electron chi connectivity index (χ0n) is 7.53. The molecule has 2 rings (SSSR count). The van der Waals surface area contributed by atoms with Crippen molar-refractivity contribution in [3.8, 4) is 0 Å². The molecule has 1 saturated carbocycles. The fourth-order valence-electron chi connectivity index (χ4n) is 1.86. The number of carbonyl (C=O) groups is 1. The third kappa shape index (κ3) is 1.34. The number of pyridine rings is 1. The fraction of sp³-hybridized carbons (Fsp3) is 0.400. The van der Waals surface area contributed by atoms with Crippen molar-refractivity contribution in [1.29, 1.82) is 0 Å². The zero-order chi connectivity index (χ0) is 10.2. The molecule has 0 spiro atoms. The molecule has 14 heavy (non-hydrogen) atoms. The van der Waals surface area contributed by atoms with Crippen LogP contribution >= 0.6 is 15.9 Å². The van der Waals surface area contributed by atoms with Crippen molar-refractivity contribution in [3.05, 3.63) is 28.5 Å². The summed E-state index contributed by atoms with van der Waals surface area (Å²) in [5, 5.41) is 9.19. The van der Waals surface area contributed by atoms with Gasteiger partial charge in [-0.3, -0.25) is 4.79 Å². The molecule has 1 aromatic heterocycles. The summed E-state index contributed by atoms with van der Waals surface area (Å²) in [7, 11) is 0. The minimum absolute atomic E-state index is 0.647. The van der Waals surface area contributed by atoms with Gasteiger partial charge in [-0.05, 0) is 46.5 Å². The number of rotatable bonds is 2. The maximum Gasteiger partial charge on any atom is 0.314 e. The standard InChI is InChI=1S/C10H10BrNO2/c11-8-6-7(2-5-12-8)10(9(13)14)3-1-4-10/h2,5-6H,1,3-4H2,(H,13,14). The normalized spacial score (nSPS) is 18.6. The Bertz CT molecular complexity index is 374. The van der Waals surface area contributed by atoms with E-state index in [-0.39, 0.29) is 0 Å². The highest BCUT2D eigenvalue weighted by Crippen LogP contribution is 2.44. The van der Waals surface area contributed by atoms with Gasteiger partial charge in [-0.15, -0.1) is 0 Å². The Labute approximate surface area is 90.3 Å². The lowest BCUT2D eigenvalue weighted by molar-refractivity contribution is -0.147. The molecule has 4 heteroatoms. The Morgan fingerprint density at radius 3 is 2.71 bits per heavy atom. The highest BCUT2D eigenvalue weighted by atomic mass is 79.9. The van der Waals surface area contributed by atoms with E-state index in [4.69, 9.17) is 0 Å². The van der Waals surface area contributed by atoms with E-state index in [1.165, 1.54) is 0 Å². The molecule has 1 N–H and O–H groups in total. The monoisotopic (exact) mass is 255 g/mol. The minimum atomic E-state index is -0.721. The highest BCUT2D eigenvalue weighted by molar-refractivity contribution is 9.10. The van der Waals surface area contributed by atoms with Gasteiger partial charge >= 0.3 is 5.97 Å². The maximum absolute atomic E-state index is 11.2. The van der Waals surface area contributed by atoms with Crippen LogP contribution < -0.4 is 0 Å². The third-order valence-corrected chi connectivity index (χ3v) is 3.33. The molecule has 0 aromatic carbocycles. The molecule has 0 unspecified atom stereocenters. The predicted molar refractivity (Wildman–Crippen MR) is 55.1 cm³/mol. The summed E-state index contributed by atoms with van der Waals surface area (Å²) >= 11 is 3.25. The number of hydrogen-bond donors (Lipinski definition) is 1. The van der Waals surface area contributed by atoms with Crippen LogP contribution in [0.4, 0.5) is 0 Å². The van der Waals surface area contributed by atoms with Crippen LogP contribution in [0, 0.1) is 0 Å². The van der Waals surface area contributed by atoms with Crippen LogP contribution in [0.2, 0.25) is 0 Å². The summed E-state index contributed by atoms with van der Waals surface area (Å²) in [6, 6.07) is 3.59. The fourth-order valence-corrected chi connectivity index (χ4v) is 2.22. The smallest absolute Gasteiger partial charge is 0.314 e. The number of hydrogen-bond acceptors (Lipinski definition) is 2. The summed E-state index contributed by atoms with van der Waals surface area (Å²) in [5.74, 6) is -0.721. The molecule has 1 aliphatic rings. The predicted octanol–water partition coefficient (Wildman–Crippen LogP) is 2.35. The van der Waals surface area contributed by atoms with Gasteiger partial charge in [0.15, 0.2) is 0 Å². The number of carboxylic acids is 1. The van der Waals surface area contributed by atoms with E-state index in [1.54, 1.807) is 18.3 Å². The van der Waals surface area contributed by atoms with Crippen molar-refractivity contribution in [2.75, 3.05) is 0 Å². The molecular weight excluding hydrogens is 246 g/mol. The van der Waals surface area contributed by atoms with Crippen LogP contribution in [0.25, 0.3) is 0 Å². The van der Waals surface area contributed by atoms with Crippen LogP contribution in [-0.4, -0.2) is 16.1 Å². The van der Waals surface area contributed by atoms with Crippen LogP contribution in [-0.2, 0) is 10.2 Å². The van der Waals surface area contributed by atoms with Gasteiger partial charge in [0, 0.05) is 6.20 Å². The Balaban J connectivity index is 2.42. The lowest BCUT2D eigenvalue weighted by Crippen LogP contribution is -2.42. The van der Waals surface area contributed by atoms with Crippen LogP contribution in [0.5, 0.6) is 0 Å². The molecule has 1 fully saturated rings. The third-order valence-electron chi connectivity index (χ3n) is 2.90. The molecule has 0 atom stereocenters. The quantitative estimate of drug-likeness (QED) is 0.826. The second-order valence-electron chi connectivity index (χ2n) is 3.61. The second-order valence-corrected chi connectivity index (χ2v) is 4.42. The molecule has 1 aromatic rings. The number of aromatic nitrogens is 1. The second kappa shape index (κ2) is 3.35. The molecule has 1 heterocycles. The molecule has 0 bridgehead atoms. The average Bonchev–Trinajstić information content (AvgIpc) is 2.00. The lowest BCUT2D eigenvalue weighted by atomic mass is 9.65. The van der Waals surface area contributed by atoms with Crippen molar-refractivity contribution in [2.24, 2.45) is 0 Å². The number of carboxylic acid groups (broad SMARTS) is 1. The summed E-state index contributed by atoms with van der Waals surface area (Å²) in [4.78, 5) is 15.2. The molecule has 3 nitrogen and oxygen atoms in total. The molecule has 0 aliphatic heterocycles. The Hall–Kier alpha value is -0.900. The first-order chi connectivity index (χ1) is 6.65. The average molecular weight is 256 g/mol. The van der Waals surface area contributed by atoms with E-state index in [0.29, 0.717) is 4.60 Å². The first-order valence-electron chi connectivity index (χ1n) is 4.50. The van der Waals surface area contributed by atoms with E-state index in [9.17, 15) is 9.90 Å². The van der Waals surface area contributed by atoms with Gasteiger partial charge < -0.3 is 5.11 Å². The van der Waals surface area contributed by atoms with E-state index in [2.05, 4.69) is 20.9 Å². The molecular formula is C10H10BrNO2. The van der Waals surface area contributed by atoms with E-state index in [0.717, 1.165) is 24.8 Å². The maximum atomic E-state index is 11.2. The first kappa shape index (κ1) is 9.65. The van der Waals surface area contributed by atoms with Crippen LogP contribution in [0.15, 0.2) is 22.9 Å². The van der Waals surface area contributed by atoms with Crippen molar-refractivity contribution in [3.63, 3.8) is 0 Å². The molecule has 0 radical (unpaired) electrons. The summed E-state index contributed by atoms with van der Waals surface area (Å²) in [5.41, 5.74) is 0.212. The van der Waals surface area contributed by atoms with Gasteiger partial charge in [0.1, 0.15) is 4.60 Å². The van der Waals surface area contributed by atoms with Crippen molar-refractivity contribution < 1.29 is 9.90 Å². The number of nitrogens with zero attached hydrogens (tertiary/aromatic N) is 1. The van der Waals surface area contributed by atoms with E-state index >= 15 is 0 Å². The largest absolute Gasteiger partial charge is 0.481 e. The van der Waals surface area contributed by atoms with E-state index in [1.807, 2.05) is 0 Å². The number of aliphatic carboxylic acids is 1. The first-order valence-corrected chi connectivity index (χ1v) is 5.30. The Morgan fingerprint density at radius 1 is 1.57 bits per heavy atom. The zero-order valence-corrected chi connectivity index (χ0v) is 9.12. The Morgan fingerprint density at radius 2 is 2.29 bits per heavy atom. The Kier molecular flexibility index (Phi) is 2.31. The summed E-state index contributed by atoms with van der Waals surface area (Å²) < 4.78 is 0.697. The number of halogens is 1. The van der Waals surface area contributed by atoms with Gasteiger partial charge in [0.2, 0.25) is 0 Å². The van der Waals surface area contributed by atoms with Gasteiger partial charge in [-0.25, -0.2) is 4.98 Å².